The zero-order valence-electron chi connectivity index (χ0n) is 9.46. The summed E-state index contributed by atoms with van der Waals surface area (Å²) in [6.45, 7) is 1.41. The zero-order valence-corrected chi connectivity index (χ0v) is 11.0. The summed E-state index contributed by atoms with van der Waals surface area (Å²) >= 11 is 3.26. The maximum absolute atomic E-state index is 10.6. The number of carboxylic acids is 2. The van der Waals surface area contributed by atoms with Gasteiger partial charge in [-0.3, -0.25) is 0 Å². The molecule has 6 heteroatoms. The monoisotopic (exact) mass is 314 g/mol. The Morgan fingerprint density at radius 1 is 1.39 bits per heavy atom. The predicted octanol–water partition coefficient (Wildman–Crippen LogP) is 2.40. The summed E-state index contributed by atoms with van der Waals surface area (Å²) in [6.07, 6.45) is 1.41. The molecule has 1 aromatic carbocycles. The summed E-state index contributed by atoms with van der Waals surface area (Å²) in [5, 5.41) is 17.3. The molecule has 1 aromatic rings. The number of halogens is 1. The Labute approximate surface area is 112 Å². The minimum atomic E-state index is -1.07. The number of carboxylic acid groups (broad SMARTS) is 2. The summed E-state index contributed by atoms with van der Waals surface area (Å²) in [4.78, 5) is 21.1. The lowest BCUT2D eigenvalue weighted by Crippen LogP contribution is -2.22. The van der Waals surface area contributed by atoms with Crippen LogP contribution in [0.4, 0.5) is 0 Å². The first-order valence-corrected chi connectivity index (χ1v) is 5.79. The van der Waals surface area contributed by atoms with Crippen LogP contribution in [0.1, 0.15) is 12.5 Å². The normalized spacial score (nSPS) is 12.3. The first-order valence-electron chi connectivity index (χ1n) is 5.00. The van der Waals surface area contributed by atoms with E-state index >= 15 is 0 Å². The molecular weight excluding hydrogens is 304 g/mol. The predicted molar refractivity (Wildman–Crippen MR) is 68.5 cm³/mol. The Morgan fingerprint density at radius 2 is 2.06 bits per heavy atom. The minimum absolute atomic E-state index is 0.359. The van der Waals surface area contributed by atoms with Crippen molar-refractivity contribution in [3.05, 3.63) is 34.3 Å². The largest absolute Gasteiger partial charge is 0.479 e. The van der Waals surface area contributed by atoms with E-state index in [1.165, 1.54) is 13.0 Å². The third-order valence-electron chi connectivity index (χ3n) is 2.03. The van der Waals surface area contributed by atoms with Crippen molar-refractivity contribution in [2.75, 3.05) is 0 Å². The van der Waals surface area contributed by atoms with E-state index in [9.17, 15) is 9.59 Å². The van der Waals surface area contributed by atoms with E-state index in [0.29, 0.717) is 15.8 Å². The first-order chi connectivity index (χ1) is 8.40. The van der Waals surface area contributed by atoms with Gasteiger partial charge < -0.3 is 14.9 Å². The maximum atomic E-state index is 10.6. The van der Waals surface area contributed by atoms with Crippen LogP contribution in [0.3, 0.4) is 0 Å². The minimum Gasteiger partial charge on any atom is -0.479 e. The molecule has 0 spiro atoms. The van der Waals surface area contributed by atoms with Crippen LogP contribution in [0.25, 0.3) is 6.08 Å². The van der Waals surface area contributed by atoms with E-state index in [1.54, 1.807) is 18.2 Å². The van der Waals surface area contributed by atoms with Gasteiger partial charge in [-0.2, -0.15) is 0 Å². The van der Waals surface area contributed by atoms with Gasteiger partial charge in [0.1, 0.15) is 5.75 Å². The van der Waals surface area contributed by atoms with Crippen LogP contribution in [0, 0.1) is 0 Å². The Hall–Kier alpha value is -1.82. The summed E-state index contributed by atoms with van der Waals surface area (Å²) in [5.41, 5.74) is 0.590. The topological polar surface area (TPSA) is 83.8 Å². The lowest BCUT2D eigenvalue weighted by molar-refractivity contribution is -0.144. The zero-order chi connectivity index (χ0) is 13.7. The van der Waals surface area contributed by atoms with Crippen molar-refractivity contribution in [3.8, 4) is 5.75 Å². The molecule has 0 aromatic heterocycles. The molecular formula is C12H11BrO5. The first kappa shape index (κ1) is 14.2. The van der Waals surface area contributed by atoms with Gasteiger partial charge in [0, 0.05) is 10.5 Å². The molecule has 1 atom stereocenters. The van der Waals surface area contributed by atoms with Gasteiger partial charge >= 0.3 is 11.9 Å². The Bertz CT molecular complexity index is 495. The van der Waals surface area contributed by atoms with E-state index < -0.39 is 18.0 Å². The molecule has 0 aliphatic rings. The molecule has 0 heterocycles. The van der Waals surface area contributed by atoms with Gasteiger partial charge in [0.15, 0.2) is 6.10 Å². The second kappa shape index (κ2) is 6.20. The molecule has 0 saturated carbocycles. The van der Waals surface area contributed by atoms with E-state index in [1.807, 2.05) is 0 Å². The molecule has 18 heavy (non-hydrogen) atoms. The summed E-state index contributed by atoms with van der Waals surface area (Å²) in [6, 6.07) is 4.82. The van der Waals surface area contributed by atoms with Crippen LogP contribution in [0.5, 0.6) is 5.75 Å². The summed E-state index contributed by atoms with van der Waals surface area (Å²) in [7, 11) is 0. The molecule has 0 radical (unpaired) electrons. The van der Waals surface area contributed by atoms with Crippen molar-refractivity contribution in [3.63, 3.8) is 0 Å². The molecule has 0 bridgehead atoms. The highest BCUT2D eigenvalue weighted by Gasteiger charge is 2.12. The van der Waals surface area contributed by atoms with Gasteiger partial charge in [0.05, 0.1) is 0 Å². The van der Waals surface area contributed by atoms with Crippen molar-refractivity contribution in [2.24, 2.45) is 0 Å². The number of rotatable bonds is 5. The van der Waals surface area contributed by atoms with Crippen LogP contribution in [0.15, 0.2) is 28.7 Å². The van der Waals surface area contributed by atoms with Gasteiger partial charge in [0.2, 0.25) is 0 Å². The highest BCUT2D eigenvalue weighted by Crippen LogP contribution is 2.24. The molecule has 0 aliphatic carbocycles. The van der Waals surface area contributed by atoms with Gasteiger partial charge in [-0.15, -0.1) is 0 Å². The quantitative estimate of drug-likeness (QED) is 0.815. The fraction of sp³-hybridized carbons (Fsp3) is 0.167. The molecule has 96 valence electrons. The Morgan fingerprint density at radius 3 is 2.61 bits per heavy atom. The van der Waals surface area contributed by atoms with Crippen molar-refractivity contribution in [1.29, 1.82) is 0 Å². The highest BCUT2D eigenvalue weighted by atomic mass is 79.9. The maximum Gasteiger partial charge on any atom is 0.344 e. The Balaban J connectivity index is 2.93. The number of hydrogen-bond acceptors (Lipinski definition) is 3. The number of hydrogen-bond donors (Lipinski definition) is 2. The standard InChI is InChI=1S/C12H11BrO5/c1-7(12(16)17)18-9-3-4-10(13)8(6-9)2-5-11(14)15/h2-7H,1H3,(H,14,15)(H,16,17)/b5-2+. The number of benzene rings is 1. The molecule has 1 rings (SSSR count). The molecule has 0 amide bonds. The van der Waals surface area contributed by atoms with Crippen LogP contribution in [0.2, 0.25) is 0 Å². The van der Waals surface area contributed by atoms with Crippen molar-refractivity contribution in [2.45, 2.75) is 13.0 Å². The molecule has 0 aliphatic heterocycles. The van der Waals surface area contributed by atoms with Crippen LogP contribution < -0.4 is 4.74 Å². The van der Waals surface area contributed by atoms with Gasteiger partial charge in [-0.05, 0) is 36.8 Å². The van der Waals surface area contributed by atoms with Crippen molar-refractivity contribution < 1.29 is 24.5 Å². The molecule has 1 unspecified atom stereocenters. The van der Waals surface area contributed by atoms with E-state index in [4.69, 9.17) is 14.9 Å². The number of carbonyl (C=O) groups is 2. The van der Waals surface area contributed by atoms with E-state index in [-0.39, 0.29) is 0 Å². The average Bonchev–Trinajstić information content (AvgIpc) is 2.29. The summed E-state index contributed by atoms with van der Waals surface area (Å²) in [5.74, 6) is -1.77. The molecule has 2 N–H and O–H groups in total. The van der Waals surface area contributed by atoms with E-state index in [0.717, 1.165) is 6.08 Å². The third-order valence-corrected chi connectivity index (χ3v) is 2.76. The fourth-order valence-electron chi connectivity index (χ4n) is 1.14. The SMILES string of the molecule is CC(Oc1ccc(Br)c(/C=C/C(=O)O)c1)C(=O)O. The van der Waals surface area contributed by atoms with Crippen molar-refractivity contribution >= 4 is 33.9 Å². The van der Waals surface area contributed by atoms with Gasteiger partial charge in [-0.1, -0.05) is 15.9 Å². The van der Waals surface area contributed by atoms with Crippen molar-refractivity contribution in [1.82, 2.24) is 0 Å². The number of aliphatic carboxylic acids is 2. The number of ether oxygens (including phenoxy) is 1. The Kier molecular flexibility index (Phi) is 4.91. The lowest BCUT2D eigenvalue weighted by atomic mass is 10.2. The van der Waals surface area contributed by atoms with Crippen LogP contribution in [-0.2, 0) is 9.59 Å². The van der Waals surface area contributed by atoms with E-state index in [2.05, 4.69) is 15.9 Å². The summed E-state index contributed by atoms with van der Waals surface area (Å²) < 4.78 is 5.87. The highest BCUT2D eigenvalue weighted by molar-refractivity contribution is 9.10. The molecule has 5 nitrogen and oxygen atoms in total. The fourth-order valence-corrected chi connectivity index (χ4v) is 1.52. The average molecular weight is 315 g/mol. The third kappa shape index (κ3) is 4.21. The second-order valence-corrected chi connectivity index (χ2v) is 4.31. The molecule has 0 saturated heterocycles. The lowest BCUT2D eigenvalue weighted by Gasteiger charge is -2.11. The van der Waals surface area contributed by atoms with Crippen LogP contribution in [-0.4, -0.2) is 28.3 Å². The van der Waals surface area contributed by atoms with Crippen LogP contribution >= 0.6 is 15.9 Å². The smallest absolute Gasteiger partial charge is 0.344 e. The molecule has 0 fully saturated rings. The second-order valence-electron chi connectivity index (χ2n) is 3.45. The van der Waals surface area contributed by atoms with Gasteiger partial charge in [0.25, 0.3) is 0 Å². The van der Waals surface area contributed by atoms with Gasteiger partial charge in [-0.25, -0.2) is 9.59 Å².